The predicted molar refractivity (Wildman–Crippen MR) is 93.9 cm³/mol. The highest BCUT2D eigenvalue weighted by molar-refractivity contribution is 7.12. The molecule has 134 valence electrons. The molecule has 8 nitrogen and oxygen atoms in total. The molecule has 2 rings (SSSR count). The maximum absolute atomic E-state index is 11.8. The van der Waals surface area contributed by atoms with Gasteiger partial charge in [0.05, 0.1) is 10.6 Å². The molecule has 0 bridgehead atoms. The molecule has 0 aliphatic rings. The van der Waals surface area contributed by atoms with Crippen LogP contribution in [-0.2, 0) is 16.1 Å². The van der Waals surface area contributed by atoms with Gasteiger partial charge in [-0.3, -0.25) is 29.9 Å². The molecule has 3 amide bonds. The Morgan fingerprint density at radius 1 is 1.20 bits per heavy atom. The van der Waals surface area contributed by atoms with Crippen LogP contribution in [0.1, 0.15) is 33.9 Å². The topological polar surface area (TPSA) is 105 Å². The summed E-state index contributed by atoms with van der Waals surface area (Å²) in [4.78, 5) is 35.8. The summed E-state index contributed by atoms with van der Waals surface area (Å²) in [5.74, 6) is -0.814. The van der Waals surface area contributed by atoms with Gasteiger partial charge in [0.1, 0.15) is 6.54 Å². The number of aryl methyl sites for hydroxylation is 2. The van der Waals surface area contributed by atoms with Crippen LogP contribution in [0.3, 0.4) is 0 Å². The van der Waals surface area contributed by atoms with E-state index in [9.17, 15) is 14.4 Å². The summed E-state index contributed by atoms with van der Waals surface area (Å²) in [6.45, 7) is 4.14. The van der Waals surface area contributed by atoms with E-state index in [1.54, 1.807) is 10.7 Å². The molecular formula is C16H21N5O3S. The Bertz CT molecular complexity index is 739. The molecule has 2 aromatic heterocycles. The van der Waals surface area contributed by atoms with Crippen LogP contribution in [-0.4, -0.2) is 34.0 Å². The maximum atomic E-state index is 11.8. The normalized spacial score (nSPS) is 10.3. The van der Waals surface area contributed by atoms with Gasteiger partial charge in [-0.25, -0.2) is 0 Å². The quantitative estimate of drug-likeness (QED) is 0.502. The van der Waals surface area contributed by atoms with Gasteiger partial charge in [-0.1, -0.05) is 6.07 Å². The molecule has 0 radical (unpaired) electrons. The molecule has 2 heterocycles. The van der Waals surface area contributed by atoms with Gasteiger partial charge < -0.3 is 5.32 Å². The summed E-state index contributed by atoms with van der Waals surface area (Å²) >= 11 is 1.36. The first kappa shape index (κ1) is 18.7. The summed E-state index contributed by atoms with van der Waals surface area (Å²) in [5.41, 5.74) is 6.42. The van der Waals surface area contributed by atoms with Crippen LogP contribution in [0.25, 0.3) is 0 Å². The Kier molecular flexibility index (Phi) is 6.70. The lowest BCUT2D eigenvalue weighted by Gasteiger charge is -2.08. The van der Waals surface area contributed by atoms with E-state index in [0.29, 0.717) is 17.8 Å². The van der Waals surface area contributed by atoms with Crippen LogP contribution in [0, 0.1) is 13.8 Å². The molecule has 0 saturated carbocycles. The summed E-state index contributed by atoms with van der Waals surface area (Å²) in [7, 11) is 0. The van der Waals surface area contributed by atoms with Gasteiger partial charge in [-0.05, 0) is 37.8 Å². The number of hydrogen-bond acceptors (Lipinski definition) is 5. The SMILES string of the molecule is Cc1cc(C)n(CC(=O)NNC(=O)CCCNC(=O)c2cccs2)n1. The van der Waals surface area contributed by atoms with Crippen molar-refractivity contribution in [2.45, 2.75) is 33.2 Å². The van der Waals surface area contributed by atoms with Crippen LogP contribution < -0.4 is 16.2 Å². The number of rotatable bonds is 7. The number of amides is 3. The van der Waals surface area contributed by atoms with Gasteiger partial charge in [0.15, 0.2) is 0 Å². The van der Waals surface area contributed by atoms with E-state index in [-0.39, 0.29) is 30.7 Å². The van der Waals surface area contributed by atoms with E-state index in [1.807, 2.05) is 31.4 Å². The van der Waals surface area contributed by atoms with Gasteiger partial charge in [0, 0.05) is 18.7 Å². The van der Waals surface area contributed by atoms with Gasteiger partial charge >= 0.3 is 0 Å². The number of nitrogens with zero attached hydrogens (tertiary/aromatic N) is 2. The minimum absolute atomic E-state index is 0.0385. The maximum Gasteiger partial charge on any atom is 0.261 e. The smallest absolute Gasteiger partial charge is 0.261 e. The molecule has 0 atom stereocenters. The van der Waals surface area contributed by atoms with E-state index in [0.717, 1.165) is 11.4 Å². The third-order valence-electron chi connectivity index (χ3n) is 3.35. The Morgan fingerprint density at radius 2 is 1.96 bits per heavy atom. The lowest BCUT2D eigenvalue weighted by atomic mass is 10.3. The van der Waals surface area contributed by atoms with Gasteiger partial charge in [-0.15, -0.1) is 11.3 Å². The van der Waals surface area contributed by atoms with Crippen molar-refractivity contribution in [1.82, 2.24) is 25.9 Å². The number of thiophene rings is 1. The highest BCUT2D eigenvalue weighted by Crippen LogP contribution is 2.07. The Morgan fingerprint density at radius 3 is 2.60 bits per heavy atom. The van der Waals surface area contributed by atoms with E-state index in [1.165, 1.54) is 11.3 Å². The third-order valence-corrected chi connectivity index (χ3v) is 4.22. The summed E-state index contributed by atoms with van der Waals surface area (Å²) in [6, 6.07) is 5.42. The largest absolute Gasteiger partial charge is 0.351 e. The fourth-order valence-corrected chi connectivity index (χ4v) is 2.80. The van der Waals surface area contributed by atoms with E-state index >= 15 is 0 Å². The molecule has 0 unspecified atom stereocenters. The zero-order valence-electron chi connectivity index (χ0n) is 14.2. The number of hydrogen-bond donors (Lipinski definition) is 3. The lowest BCUT2D eigenvalue weighted by Crippen LogP contribution is -2.43. The lowest BCUT2D eigenvalue weighted by molar-refractivity contribution is -0.129. The Balaban J connectivity index is 1.59. The average molecular weight is 363 g/mol. The van der Waals surface area contributed by atoms with Crippen molar-refractivity contribution >= 4 is 29.1 Å². The van der Waals surface area contributed by atoms with Crippen molar-refractivity contribution in [2.75, 3.05) is 6.54 Å². The standard InChI is InChI=1S/C16H21N5O3S/c1-11-9-12(2)21(20-11)10-15(23)19-18-14(22)6-3-7-17-16(24)13-5-4-8-25-13/h4-5,8-9H,3,6-7,10H2,1-2H3,(H,17,24)(H,18,22)(H,19,23). The van der Waals surface area contributed by atoms with Crippen molar-refractivity contribution in [3.05, 3.63) is 39.8 Å². The molecule has 9 heteroatoms. The molecule has 0 spiro atoms. The number of hydrazine groups is 1. The molecule has 3 N–H and O–H groups in total. The minimum atomic E-state index is -0.356. The third kappa shape index (κ3) is 6.03. The fourth-order valence-electron chi connectivity index (χ4n) is 2.16. The van der Waals surface area contributed by atoms with Gasteiger partial charge in [-0.2, -0.15) is 5.10 Å². The molecule has 0 aromatic carbocycles. The second-order valence-electron chi connectivity index (χ2n) is 5.52. The molecule has 2 aromatic rings. The minimum Gasteiger partial charge on any atom is -0.351 e. The molecule has 0 aliphatic heterocycles. The summed E-state index contributed by atoms with van der Waals surface area (Å²) < 4.78 is 1.57. The fraction of sp³-hybridized carbons (Fsp3) is 0.375. The van der Waals surface area contributed by atoms with Crippen molar-refractivity contribution in [1.29, 1.82) is 0 Å². The summed E-state index contributed by atoms with van der Waals surface area (Å²) in [6.07, 6.45) is 0.682. The number of carbonyl (C=O) groups excluding carboxylic acids is 3. The van der Waals surface area contributed by atoms with Crippen molar-refractivity contribution < 1.29 is 14.4 Å². The van der Waals surface area contributed by atoms with Crippen molar-refractivity contribution in [3.63, 3.8) is 0 Å². The van der Waals surface area contributed by atoms with Crippen LogP contribution in [0.5, 0.6) is 0 Å². The van der Waals surface area contributed by atoms with Crippen LogP contribution >= 0.6 is 11.3 Å². The van der Waals surface area contributed by atoms with Crippen molar-refractivity contribution in [2.24, 2.45) is 0 Å². The first-order valence-corrected chi connectivity index (χ1v) is 8.74. The number of aromatic nitrogens is 2. The average Bonchev–Trinajstić information content (AvgIpc) is 3.20. The Hall–Kier alpha value is -2.68. The zero-order chi connectivity index (χ0) is 18.2. The van der Waals surface area contributed by atoms with Crippen LogP contribution in [0.2, 0.25) is 0 Å². The first-order valence-electron chi connectivity index (χ1n) is 7.86. The highest BCUT2D eigenvalue weighted by atomic mass is 32.1. The van der Waals surface area contributed by atoms with Crippen LogP contribution in [0.4, 0.5) is 0 Å². The Labute approximate surface area is 149 Å². The second-order valence-corrected chi connectivity index (χ2v) is 6.47. The first-order chi connectivity index (χ1) is 12.0. The molecule has 25 heavy (non-hydrogen) atoms. The molecular weight excluding hydrogens is 342 g/mol. The summed E-state index contributed by atoms with van der Waals surface area (Å²) in [5, 5.41) is 8.75. The number of nitrogens with one attached hydrogen (secondary N) is 3. The predicted octanol–water partition coefficient (Wildman–Crippen LogP) is 0.919. The van der Waals surface area contributed by atoms with E-state index < -0.39 is 0 Å². The second kappa shape index (κ2) is 8.97. The molecule has 0 saturated heterocycles. The highest BCUT2D eigenvalue weighted by Gasteiger charge is 2.09. The zero-order valence-corrected chi connectivity index (χ0v) is 15.0. The molecule has 0 fully saturated rings. The van der Waals surface area contributed by atoms with Crippen molar-refractivity contribution in [3.8, 4) is 0 Å². The van der Waals surface area contributed by atoms with Gasteiger partial charge in [0.2, 0.25) is 5.91 Å². The van der Waals surface area contributed by atoms with E-state index in [2.05, 4.69) is 21.3 Å². The van der Waals surface area contributed by atoms with Gasteiger partial charge in [0.25, 0.3) is 11.8 Å². The van der Waals surface area contributed by atoms with E-state index in [4.69, 9.17) is 0 Å². The molecule has 0 aliphatic carbocycles. The monoisotopic (exact) mass is 363 g/mol. The number of carbonyl (C=O) groups is 3. The van der Waals surface area contributed by atoms with Crippen LogP contribution in [0.15, 0.2) is 23.6 Å².